The van der Waals surface area contributed by atoms with Gasteiger partial charge in [0.25, 0.3) is 0 Å². The summed E-state index contributed by atoms with van der Waals surface area (Å²) in [5.41, 5.74) is 2.71. The molecule has 0 saturated carbocycles. The Morgan fingerprint density at radius 3 is 2.00 bits per heavy atom. The van der Waals surface area contributed by atoms with E-state index in [1.165, 1.54) is 28.9 Å². The highest BCUT2D eigenvalue weighted by atomic mass is 35.5. The minimum atomic E-state index is -0.220. The summed E-state index contributed by atoms with van der Waals surface area (Å²) in [4.78, 5) is 1.43. The van der Waals surface area contributed by atoms with Gasteiger partial charge in [-0.3, -0.25) is 0 Å². The molecule has 0 aliphatic carbocycles. The number of benzene rings is 2. The van der Waals surface area contributed by atoms with Gasteiger partial charge in [0.2, 0.25) is 0 Å². The zero-order chi connectivity index (χ0) is 14.5. The van der Waals surface area contributed by atoms with Crippen molar-refractivity contribution in [2.75, 3.05) is 19.8 Å². The first kappa shape index (κ1) is 17.0. The Balaban J connectivity index is 0.00000176. The molecule has 1 N–H and O–H groups in total. The molecule has 1 fully saturated rings. The molecule has 0 spiro atoms. The van der Waals surface area contributed by atoms with Gasteiger partial charge in [-0.15, -0.1) is 0 Å². The van der Waals surface area contributed by atoms with Gasteiger partial charge in [-0.25, -0.2) is 4.39 Å². The minimum Gasteiger partial charge on any atom is -1.00 e. The molecule has 1 aliphatic heterocycles. The lowest BCUT2D eigenvalue weighted by atomic mass is 9.84. The van der Waals surface area contributed by atoms with E-state index >= 15 is 0 Å². The maximum absolute atomic E-state index is 12.9. The van der Waals surface area contributed by atoms with Crippen LogP contribution in [0.4, 0.5) is 4.39 Å². The number of rotatable bonds is 5. The zero-order valence-corrected chi connectivity index (χ0v) is 13.5. The van der Waals surface area contributed by atoms with E-state index in [1.54, 1.807) is 0 Å². The molecule has 2 aromatic rings. The van der Waals surface area contributed by atoms with E-state index in [2.05, 4.69) is 60.7 Å². The maximum atomic E-state index is 12.9. The molecule has 0 radical (unpaired) electrons. The Morgan fingerprint density at radius 1 is 0.955 bits per heavy atom. The van der Waals surface area contributed by atoms with E-state index in [1.807, 2.05) is 0 Å². The van der Waals surface area contributed by atoms with Gasteiger partial charge in [0, 0.05) is 12.8 Å². The molecule has 0 bridgehead atoms. The largest absolute Gasteiger partial charge is 1.00 e. The third-order valence-corrected chi connectivity index (χ3v) is 4.67. The lowest BCUT2D eigenvalue weighted by Crippen LogP contribution is -3.14. The second-order valence-corrected chi connectivity index (χ2v) is 5.89. The third-order valence-electron chi connectivity index (χ3n) is 4.67. The van der Waals surface area contributed by atoms with Gasteiger partial charge in [-0.2, -0.15) is 0 Å². The second kappa shape index (κ2) is 8.30. The molecular formula is C19H23ClFN. The normalized spacial score (nSPS) is 20.8. The van der Waals surface area contributed by atoms with E-state index in [-0.39, 0.29) is 19.1 Å². The van der Waals surface area contributed by atoms with Crippen molar-refractivity contribution < 1.29 is 21.7 Å². The third kappa shape index (κ3) is 3.68. The molecule has 3 heteroatoms. The number of halogens is 2. The van der Waals surface area contributed by atoms with Crippen LogP contribution in [0.5, 0.6) is 0 Å². The van der Waals surface area contributed by atoms with Gasteiger partial charge < -0.3 is 17.3 Å². The predicted molar refractivity (Wildman–Crippen MR) is 84.4 cm³/mol. The number of quaternary nitrogens is 1. The molecule has 1 saturated heterocycles. The van der Waals surface area contributed by atoms with Crippen LogP contribution in [0.3, 0.4) is 0 Å². The van der Waals surface area contributed by atoms with Gasteiger partial charge in [-0.1, -0.05) is 60.7 Å². The monoisotopic (exact) mass is 319 g/mol. The average Bonchev–Trinajstić information content (AvgIpc) is 2.98. The van der Waals surface area contributed by atoms with E-state index < -0.39 is 0 Å². The van der Waals surface area contributed by atoms with Crippen molar-refractivity contribution in [3.8, 4) is 0 Å². The first-order valence-electron chi connectivity index (χ1n) is 7.90. The molecule has 1 nitrogen and oxygen atoms in total. The van der Waals surface area contributed by atoms with Crippen molar-refractivity contribution in [2.24, 2.45) is 0 Å². The number of hydrogen-bond acceptors (Lipinski definition) is 0. The van der Waals surface area contributed by atoms with Crippen LogP contribution >= 0.6 is 0 Å². The van der Waals surface area contributed by atoms with Crippen LogP contribution < -0.4 is 17.3 Å². The van der Waals surface area contributed by atoms with Gasteiger partial charge >= 0.3 is 0 Å². The molecule has 1 heterocycles. The number of hydrogen-bond donors (Lipinski definition) is 1. The molecule has 1 aliphatic rings. The highest BCUT2D eigenvalue weighted by Gasteiger charge is 2.36. The van der Waals surface area contributed by atoms with E-state index in [9.17, 15) is 4.39 Å². The second-order valence-electron chi connectivity index (χ2n) is 5.89. The van der Waals surface area contributed by atoms with Crippen molar-refractivity contribution in [1.82, 2.24) is 0 Å². The molecule has 118 valence electrons. The molecular weight excluding hydrogens is 297 g/mol. The first-order chi connectivity index (χ1) is 10.4. The van der Waals surface area contributed by atoms with Crippen LogP contribution in [-0.4, -0.2) is 25.8 Å². The minimum absolute atomic E-state index is 0. The Labute approximate surface area is 138 Å². The zero-order valence-electron chi connectivity index (χ0n) is 12.7. The maximum Gasteiger partial charge on any atom is 0.138 e. The van der Waals surface area contributed by atoms with Gasteiger partial charge in [-0.05, 0) is 11.1 Å². The quantitative estimate of drug-likeness (QED) is 0.781. The standard InChI is InChI=1S/C19H22FN.ClH/c20-13-15-21-14-7-12-18(21)19(16-8-3-1-4-9-16)17-10-5-2-6-11-17;/h1-6,8-11,18-19H,7,12-15H2;1H/t18-;/m0./s1. The molecule has 1 unspecified atom stereocenters. The molecule has 3 rings (SSSR count). The number of likely N-dealkylation sites (tertiary alicyclic amines) is 1. The Kier molecular flexibility index (Phi) is 6.41. The van der Waals surface area contributed by atoms with Crippen LogP contribution in [0, 0.1) is 0 Å². The summed E-state index contributed by atoms with van der Waals surface area (Å²) in [6.45, 7) is 1.52. The summed E-state index contributed by atoms with van der Waals surface area (Å²) in [5.74, 6) is 0.372. The van der Waals surface area contributed by atoms with Crippen molar-refractivity contribution in [1.29, 1.82) is 0 Å². The van der Waals surface area contributed by atoms with Crippen LogP contribution in [0.1, 0.15) is 29.9 Å². The highest BCUT2D eigenvalue weighted by Crippen LogP contribution is 2.30. The van der Waals surface area contributed by atoms with E-state index in [0.717, 1.165) is 6.54 Å². The fourth-order valence-electron chi connectivity index (χ4n) is 3.75. The number of alkyl halides is 1. The Bertz CT molecular complexity index is 506. The summed E-state index contributed by atoms with van der Waals surface area (Å²) in [6.07, 6.45) is 2.39. The Morgan fingerprint density at radius 2 is 1.50 bits per heavy atom. The fraction of sp³-hybridized carbons (Fsp3) is 0.368. The lowest BCUT2D eigenvalue weighted by Gasteiger charge is -2.29. The summed E-state index contributed by atoms with van der Waals surface area (Å²) < 4.78 is 12.9. The molecule has 0 aromatic heterocycles. The average molecular weight is 320 g/mol. The van der Waals surface area contributed by atoms with Crippen LogP contribution in [-0.2, 0) is 0 Å². The summed E-state index contributed by atoms with van der Waals surface area (Å²) >= 11 is 0. The van der Waals surface area contributed by atoms with E-state index in [4.69, 9.17) is 0 Å². The molecule has 0 amide bonds. The topological polar surface area (TPSA) is 4.44 Å². The van der Waals surface area contributed by atoms with Crippen molar-refractivity contribution in [3.05, 3.63) is 71.8 Å². The summed E-state index contributed by atoms with van der Waals surface area (Å²) in [7, 11) is 0. The van der Waals surface area contributed by atoms with E-state index in [0.29, 0.717) is 18.5 Å². The Hall–Kier alpha value is -1.38. The van der Waals surface area contributed by atoms with Gasteiger partial charge in [0.05, 0.1) is 18.5 Å². The summed E-state index contributed by atoms with van der Waals surface area (Å²) in [6, 6.07) is 21.9. The van der Waals surface area contributed by atoms with Crippen molar-refractivity contribution in [3.63, 3.8) is 0 Å². The molecule has 2 atom stereocenters. The fourth-order valence-corrected chi connectivity index (χ4v) is 3.75. The predicted octanol–water partition coefficient (Wildman–Crippen LogP) is -0.161. The summed E-state index contributed by atoms with van der Waals surface area (Å²) in [5, 5.41) is 0. The molecule has 2 aromatic carbocycles. The van der Waals surface area contributed by atoms with Gasteiger partial charge in [0.15, 0.2) is 0 Å². The highest BCUT2D eigenvalue weighted by molar-refractivity contribution is 5.33. The first-order valence-corrected chi connectivity index (χ1v) is 7.90. The van der Waals surface area contributed by atoms with Crippen LogP contribution in [0.25, 0.3) is 0 Å². The number of nitrogens with one attached hydrogen (secondary N) is 1. The van der Waals surface area contributed by atoms with Gasteiger partial charge in [0.1, 0.15) is 13.2 Å². The smallest absolute Gasteiger partial charge is 0.138 e. The molecule has 22 heavy (non-hydrogen) atoms. The lowest BCUT2D eigenvalue weighted by molar-refractivity contribution is -0.913. The van der Waals surface area contributed by atoms with Crippen molar-refractivity contribution in [2.45, 2.75) is 24.8 Å². The van der Waals surface area contributed by atoms with Crippen LogP contribution in [0.2, 0.25) is 0 Å². The van der Waals surface area contributed by atoms with Crippen molar-refractivity contribution >= 4 is 0 Å². The SMILES string of the molecule is FCC[NH+]1CCC[C@H]1C(c1ccccc1)c1ccccc1.[Cl-]. The van der Waals surface area contributed by atoms with Crippen LogP contribution in [0.15, 0.2) is 60.7 Å².